The van der Waals surface area contributed by atoms with Gasteiger partial charge in [0.05, 0.1) is 56.9 Å². The molecule has 1 aromatic heterocycles. The van der Waals surface area contributed by atoms with Gasteiger partial charge in [0.15, 0.2) is 0 Å². The number of hydrogen-bond donors (Lipinski definition) is 4. The predicted molar refractivity (Wildman–Crippen MR) is 164 cm³/mol. The van der Waals surface area contributed by atoms with Crippen LogP contribution in [0.25, 0.3) is 0 Å². The minimum atomic E-state index is -4.18. The average molecular weight is 641 g/mol. The van der Waals surface area contributed by atoms with Gasteiger partial charge in [0, 0.05) is 11.5 Å². The lowest BCUT2D eigenvalue weighted by Gasteiger charge is -2.38. The summed E-state index contributed by atoms with van der Waals surface area (Å²) in [5.41, 5.74) is 5.41. The number of anilines is 1. The van der Waals surface area contributed by atoms with Crippen molar-refractivity contribution in [2.45, 2.75) is 96.6 Å². The van der Waals surface area contributed by atoms with Gasteiger partial charge in [-0.15, -0.1) is 0 Å². The van der Waals surface area contributed by atoms with Gasteiger partial charge < -0.3 is 35.9 Å². The summed E-state index contributed by atoms with van der Waals surface area (Å²) in [6, 6.07) is 1.11. The Labute approximate surface area is 250 Å². The molecule has 0 aromatic carbocycles. The summed E-state index contributed by atoms with van der Waals surface area (Å²) in [5.74, 6) is 0.0383. The Hall–Kier alpha value is -1.38. The van der Waals surface area contributed by atoms with Crippen molar-refractivity contribution in [3.05, 3.63) is 22.7 Å². The maximum Gasteiger partial charge on any atom is 0.353 e. The van der Waals surface area contributed by atoms with Crippen LogP contribution in [0, 0.1) is 5.41 Å². The predicted octanol–water partition coefficient (Wildman–Crippen LogP) is 3.66. The van der Waals surface area contributed by atoms with E-state index in [9.17, 15) is 27.8 Å². The molecule has 1 unspecified atom stereocenters. The van der Waals surface area contributed by atoms with E-state index in [0.717, 1.165) is 43.1 Å². The summed E-state index contributed by atoms with van der Waals surface area (Å²) in [7, 11) is -7.44. The van der Waals surface area contributed by atoms with Gasteiger partial charge in [-0.1, -0.05) is 64.7 Å². The number of nitrogen functional groups attached to an aromatic ring is 1. The highest BCUT2D eigenvalue weighted by Gasteiger charge is 2.32. The van der Waals surface area contributed by atoms with Gasteiger partial charge in [-0.05, 0) is 19.3 Å². The van der Waals surface area contributed by atoms with E-state index >= 15 is 0 Å². The lowest BCUT2D eigenvalue weighted by atomic mass is 9.83. The molecule has 15 heteroatoms. The normalized spacial score (nSPS) is 16.7. The largest absolute Gasteiger partial charge is 0.394 e. The minimum absolute atomic E-state index is 0. The Bertz CT molecular complexity index is 1100. The van der Waals surface area contributed by atoms with E-state index in [0.29, 0.717) is 11.8 Å². The molecule has 2 heterocycles. The molecule has 1 aromatic rings. The molecule has 0 amide bonds. The number of rotatable bonds is 24. The molecule has 0 spiro atoms. The van der Waals surface area contributed by atoms with Crippen LogP contribution in [0.5, 0.6) is 0 Å². The molecule has 42 heavy (non-hydrogen) atoms. The number of aromatic nitrogens is 2. The fraction of sp³-hybridized carbons (Fsp3) is 0.852. The van der Waals surface area contributed by atoms with Crippen LogP contribution in [-0.2, 0) is 34.9 Å². The van der Waals surface area contributed by atoms with Crippen molar-refractivity contribution in [2.75, 3.05) is 50.0 Å². The van der Waals surface area contributed by atoms with Gasteiger partial charge in [0.25, 0.3) is 5.56 Å². The van der Waals surface area contributed by atoms with Crippen LogP contribution < -0.4 is 17.4 Å². The van der Waals surface area contributed by atoms with E-state index in [1.165, 1.54) is 51.3 Å². The Balaban J connectivity index is 0.00000882. The SMILES string of the molecule is CC1(CCCCCCCCCCCCS(=O)(=O)CCCOP(=O)(O)CO[C@H](CO)Cn2cnc(N)cc2=O)COC1.N. The molecule has 0 saturated carbocycles. The monoisotopic (exact) mass is 640 g/mol. The first kappa shape index (κ1) is 38.6. The molecule has 7 N–H and O–H groups in total. The van der Waals surface area contributed by atoms with Crippen LogP contribution >= 0.6 is 7.60 Å². The van der Waals surface area contributed by atoms with Crippen LogP contribution in [-0.4, -0.2) is 78.4 Å². The van der Waals surface area contributed by atoms with Gasteiger partial charge in [-0.3, -0.25) is 13.9 Å². The zero-order valence-electron chi connectivity index (χ0n) is 25.2. The summed E-state index contributed by atoms with van der Waals surface area (Å²) in [4.78, 5) is 25.6. The lowest BCUT2D eigenvalue weighted by Crippen LogP contribution is -2.39. The number of unbranched alkanes of at least 4 members (excludes halogenated alkanes) is 9. The van der Waals surface area contributed by atoms with Crippen LogP contribution in [0.1, 0.15) is 84.0 Å². The van der Waals surface area contributed by atoms with Gasteiger partial charge in [-0.2, -0.15) is 0 Å². The Morgan fingerprint density at radius 1 is 1.07 bits per heavy atom. The number of aliphatic hydroxyl groups is 1. The van der Waals surface area contributed by atoms with Gasteiger partial charge in [-0.25, -0.2) is 13.4 Å². The fourth-order valence-corrected chi connectivity index (χ4v) is 6.96. The van der Waals surface area contributed by atoms with E-state index in [2.05, 4.69) is 11.9 Å². The molecule has 1 aliphatic heterocycles. The van der Waals surface area contributed by atoms with Crippen LogP contribution in [0.15, 0.2) is 17.2 Å². The first-order chi connectivity index (χ1) is 19.4. The van der Waals surface area contributed by atoms with E-state index in [-0.39, 0.29) is 43.0 Å². The van der Waals surface area contributed by atoms with Gasteiger partial charge in [0.2, 0.25) is 0 Å². The molecule has 246 valence electrons. The molecule has 13 nitrogen and oxygen atoms in total. The van der Waals surface area contributed by atoms with Crippen molar-refractivity contribution in [2.24, 2.45) is 5.41 Å². The Morgan fingerprint density at radius 3 is 2.19 bits per heavy atom. The van der Waals surface area contributed by atoms with Crippen molar-refractivity contribution < 1.29 is 37.0 Å². The van der Waals surface area contributed by atoms with Gasteiger partial charge in [0.1, 0.15) is 22.0 Å². The van der Waals surface area contributed by atoms with Crippen molar-refractivity contribution in [1.29, 1.82) is 0 Å². The quantitative estimate of drug-likeness (QED) is 0.0941. The molecule has 0 bridgehead atoms. The molecule has 0 radical (unpaired) electrons. The van der Waals surface area contributed by atoms with Crippen molar-refractivity contribution >= 4 is 23.3 Å². The molecular weight excluding hydrogens is 587 g/mol. The maximum atomic E-state index is 12.3. The molecule has 1 aliphatic rings. The maximum absolute atomic E-state index is 12.3. The Morgan fingerprint density at radius 2 is 1.64 bits per heavy atom. The van der Waals surface area contributed by atoms with Crippen molar-refractivity contribution in [1.82, 2.24) is 15.7 Å². The van der Waals surface area contributed by atoms with E-state index in [4.69, 9.17) is 19.7 Å². The average Bonchev–Trinajstić information content (AvgIpc) is 2.90. The van der Waals surface area contributed by atoms with Gasteiger partial charge >= 0.3 is 7.60 Å². The van der Waals surface area contributed by atoms with Crippen molar-refractivity contribution in [3.63, 3.8) is 0 Å². The summed E-state index contributed by atoms with van der Waals surface area (Å²) < 4.78 is 53.5. The molecule has 0 aliphatic carbocycles. The second-order valence-corrected chi connectivity index (χ2v) is 15.6. The number of hydrogen-bond acceptors (Lipinski definition) is 11. The topological polar surface area (TPSA) is 215 Å². The molecule has 1 fully saturated rings. The summed E-state index contributed by atoms with van der Waals surface area (Å²) >= 11 is 0. The zero-order valence-corrected chi connectivity index (χ0v) is 26.9. The first-order valence-electron chi connectivity index (χ1n) is 14.7. The smallest absolute Gasteiger partial charge is 0.353 e. The van der Waals surface area contributed by atoms with Crippen LogP contribution in [0.2, 0.25) is 0 Å². The lowest BCUT2D eigenvalue weighted by molar-refractivity contribution is -0.106. The first-order valence-corrected chi connectivity index (χ1v) is 18.3. The summed E-state index contributed by atoms with van der Waals surface area (Å²) in [6.45, 7) is 3.31. The molecular formula is C27H53N4O9PS. The number of aliphatic hydroxyl groups excluding tert-OH is 1. The number of nitrogens with two attached hydrogens (primary N) is 1. The third kappa shape index (κ3) is 16.5. The highest BCUT2D eigenvalue weighted by Crippen LogP contribution is 2.42. The highest BCUT2D eigenvalue weighted by atomic mass is 32.2. The molecule has 2 atom stereocenters. The second kappa shape index (κ2) is 19.8. The Kier molecular flexibility index (Phi) is 18.2. The number of sulfone groups is 1. The van der Waals surface area contributed by atoms with Crippen LogP contribution in [0.3, 0.4) is 0 Å². The highest BCUT2D eigenvalue weighted by molar-refractivity contribution is 7.91. The molecule has 2 rings (SSSR count). The summed E-state index contributed by atoms with van der Waals surface area (Å²) in [5, 5.41) is 9.47. The fourth-order valence-electron chi connectivity index (χ4n) is 4.67. The zero-order chi connectivity index (χ0) is 30.2. The molecule has 1 saturated heterocycles. The van der Waals surface area contributed by atoms with E-state index in [1.807, 2.05) is 0 Å². The number of ether oxygens (including phenoxy) is 2. The van der Waals surface area contributed by atoms with Crippen molar-refractivity contribution in [3.8, 4) is 0 Å². The third-order valence-electron chi connectivity index (χ3n) is 7.26. The standard InChI is InChI=1S/C27H50N3O9PS.H3N/c1-27(20-37-21-27)13-10-8-6-4-2-3-5-7-9-11-15-41(35,36)16-12-14-39-40(33,34)23-38-24(19-31)18-30-22-29-25(28)17-26(30)32;/h17,22,24,31H,2-16,18-21,23,28H2,1H3,(H,33,34);1H3/t24-;/m0./s1. The van der Waals surface area contributed by atoms with Crippen LogP contribution in [0.4, 0.5) is 5.82 Å². The third-order valence-corrected chi connectivity index (χ3v) is 10.1. The van der Waals surface area contributed by atoms with E-state index in [1.54, 1.807) is 0 Å². The minimum Gasteiger partial charge on any atom is -0.394 e. The number of nitrogens with zero attached hydrogens (tertiary/aromatic N) is 2. The summed E-state index contributed by atoms with van der Waals surface area (Å²) in [6.07, 6.45) is 12.1. The second-order valence-electron chi connectivity index (χ2n) is 11.5. The van der Waals surface area contributed by atoms with E-state index < -0.39 is 42.1 Å².